The van der Waals surface area contributed by atoms with Crippen LogP contribution in [0.15, 0.2) is 0 Å². The molecule has 2 atom stereocenters. The Morgan fingerprint density at radius 3 is 2.53 bits per heavy atom. The number of nitrogens with one attached hydrogen (secondary N) is 2. The lowest BCUT2D eigenvalue weighted by molar-refractivity contribution is -0.122. The highest BCUT2D eigenvalue weighted by molar-refractivity contribution is 5.76. The van der Waals surface area contributed by atoms with Crippen LogP contribution in [0.5, 0.6) is 0 Å². The highest BCUT2D eigenvalue weighted by atomic mass is 16.1. The molecule has 1 aliphatic carbocycles. The Hall–Kier alpha value is -0.570. The summed E-state index contributed by atoms with van der Waals surface area (Å²) in [6, 6.07) is 0.642. The van der Waals surface area contributed by atoms with Crippen LogP contribution < -0.4 is 10.6 Å². The molecule has 0 bridgehead atoms. The Bertz CT molecular complexity index is 202. The minimum atomic E-state index is 0.183. The van der Waals surface area contributed by atoms with E-state index in [2.05, 4.69) is 31.4 Å². The molecule has 1 aliphatic rings. The summed E-state index contributed by atoms with van der Waals surface area (Å²) in [4.78, 5) is 11.6. The van der Waals surface area contributed by atoms with Crippen molar-refractivity contribution in [2.75, 3.05) is 6.54 Å². The third kappa shape index (κ3) is 4.20. The highest BCUT2D eigenvalue weighted by Crippen LogP contribution is 2.29. The lowest BCUT2D eigenvalue weighted by Gasteiger charge is -2.32. The second-order valence-corrected chi connectivity index (χ2v) is 4.71. The topological polar surface area (TPSA) is 41.1 Å². The lowest BCUT2D eigenvalue weighted by Crippen LogP contribution is -2.42. The summed E-state index contributed by atoms with van der Waals surface area (Å²) in [5.41, 5.74) is 0. The number of hydrogen-bond donors (Lipinski definition) is 2. The normalized spacial score (nSPS) is 20.5. The first-order chi connectivity index (χ1) is 7.13. The van der Waals surface area contributed by atoms with Crippen LogP contribution in [0.3, 0.4) is 0 Å². The fourth-order valence-electron chi connectivity index (χ4n) is 2.07. The zero-order chi connectivity index (χ0) is 11.3. The van der Waals surface area contributed by atoms with Gasteiger partial charge in [-0.15, -0.1) is 0 Å². The average molecular weight is 212 g/mol. The maximum absolute atomic E-state index is 11.6. The summed E-state index contributed by atoms with van der Waals surface area (Å²) < 4.78 is 0. The predicted octanol–water partition coefficient (Wildman–Crippen LogP) is 1.68. The smallest absolute Gasteiger partial charge is 0.221 e. The summed E-state index contributed by atoms with van der Waals surface area (Å²) >= 11 is 0. The lowest BCUT2D eigenvalue weighted by atomic mass is 9.80. The summed E-state index contributed by atoms with van der Waals surface area (Å²) in [7, 11) is 0. The third-order valence-corrected chi connectivity index (χ3v) is 3.29. The van der Waals surface area contributed by atoms with E-state index in [1.54, 1.807) is 0 Å². The van der Waals surface area contributed by atoms with E-state index in [-0.39, 0.29) is 11.9 Å². The quantitative estimate of drug-likeness (QED) is 0.703. The summed E-state index contributed by atoms with van der Waals surface area (Å²) in [5, 5.41) is 6.34. The van der Waals surface area contributed by atoms with Crippen molar-refractivity contribution in [1.82, 2.24) is 10.6 Å². The Morgan fingerprint density at radius 2 is 2.07 bits per heavy atom. The first-order valence-corrected chi connectivity index (χ1v) is 6.16. The molecule has 2 N–H and O–H groups in total. The number of carbonyl (C=O) groups excluding carboxylic acids is 1. The number of amides is 1. The molecule has 1 saturated carbocycles. The number of hydrogen-bond acceptors (Lipinski definition) is 2. The van der Waals surface area contributed by atoms with Crippen LogP contribution in [-0.2, 0) is 4.79 Å². The van der Waals surface area contributed by atoms with Crippen LogP contribution >= 0.6 is 0 Å². The van der Waals surface area contributed by atoms with Crippen LogP contribution in [0.2, 0.25) is 0 Å². The van der Waals surface area contributed by atoms with E-state index in [0.29, 0.717) is 12.5 Å². The summed E-state index contributed by atoms with van der Waals surface area (Å²) in [5.74, 6) is 0.909. The van der Waals surface area contributed by atoms with Crippen molar-refractivity contribution < 1.29 is 4.79 Å². The van der Waals surface area contributed by atoms with Gasteiger partial charge in [0.1, 0.15) is 0 Å². The summed E-state index contributed by atoms with van der Waals surface area (Å²) in [6.07, 6.45) is 4.48. The van der Waals surface area contributed by atoms with E-state index < -0.39 is 0 Å². The van der Waals surface area contributed by atoms with Crippen LogP contribution in [-0.4, -0.2) is 24.5 Å². The van der Waals surface area contributed by atoms with Gasteiger partial charge < -0.3 is 10.6 Å². The van der Waals surface area contributed by atoms with Crippen LogP contribution in [0.25, 0.3) is 0 Å². The molecule has 0 aromatic carbocycles. The molecule has 2 unspecified atom stereocenters. The van der Waals surface area contributed by atoms with E-state index in [1.807, 2.05) is 0 Å². The van der Waals surface area contributed by atoms with Crippen molar-refractivity contribution in [3.8, 4) is 0 Å². The van der Waals surface area contributed by atoms with Gasteiger partial charge in [0.05, 0.1) is 0 Å². The van der Waals surface area contributed by atoms with E-state index in [4.69, 9.17) is 0 Å². The zero-order valence-electron chi connectivity index (χ0n) is 10.2. The van der Waals surface area contributed by atoms with Crippen LogP contribution in [0.1, 0.15) is 46.5 Å². The van der Waals surface area contributed by atoms with Gasteiger partial charge in [0.15, 0.2) is 0 Å². The fraction of sp³-hybridized carbons (Fsp3) is 0.917. The molecule has 0 aliphatic heterocycles. The SMILES string of the molecule is CCNC(C)CC(=O)NC(C)C1CCC1. The molecule has 0 aromatic heterocycles. The van der Waals surface area contributed by atoms with Gasteiger partial charge >= 0.3 is 0 Å². The maximum Gasteiger partial charge on any atom is 0.221 e. The molecule has 0 aromatic rings. The van der Waals surface area contributed by atoms with Crippen LogP contribution in [0, 0.1) is 5.92 Å². The molecule has 1 rings (SSSR count). The molecule has 0 spiro atoms. The molecule has 0 radical (unpaired) electrons. The number of carbonyl (C=O) groups is 1. The molecule has 3 heteroatoms. The number of rotatable bonds is 6. The van der Waals surface area contributed by atoms with Gasteiger partial charge in [0.25, 0.3) is 0 Å². The van der Waals surface area contributed by atoms with E-state index in [0.717, 1.165) is 12.5 Å². The van der Waals surface area contributed by atoms with E-state index >= 15 is 0 Å². The van der Waals surface area contributed by atoms with Gasteiger partial charge in [-0.2, -0.15) is 0 Å². The van der Waals surface area contributed by atoms with Gasteiger partial charge in [0.2, 0.25) is 5.91 Å². The fourth-order valence-corrected chi connectivity index (χ4v) is 2.07. The van der Waals surface area contributed by atoms with E-state index in [1.165, 1.54) is 19.3 Å². The van der Waals surface area contributed by atoms with E-state index in [9.17, 15) is 4.79 Å². The van der Waals surface area contributed by atoms with Crippen LogP contribution in [0.4, 0.5) is 0 Å². The Morgan fingerprint density at radius 1 is 1.40 bits per heavy atom. The Balaban J connectivity index is 2.16. The van der Waals surface area contributed by atoms with Crippen molar-refractivity contribution in [1.29, 1.82) is 0 Å². The molecule has 15 heavy (non-hydrogen) atoms. The Labute approximate surface area is 93.0 Å². The minimum absolute atomic E-state index is 0.183. The largest absolute Gasteiger partial charge is 0.353 e. The molecule has 88 valence electrons. The Kier molecular flexibility index (Phi) is 5.09. The molecule has 0 saturated heterocycles. The van der Waals surface area contributed by atoms with Crippen molar-refractivity contribution in [2.24, 2.45) is 5.92 Å². The molecule has 1 amide bonds. The third-order valence-electron chi connectivity index (χ3n) is 3.29. The van der Waals surface area contributed by atoms with Gasteiger partial charge in [-0.3, -0.25) is 4.79 Å². The first-order valence-electron chi connectivity index (χ1n) is 6.16. The monoisotopic (exact) mass is 212 g/mol. The standard InChI is InChI=1S/C12H24N2O/c1-4-13-9(2)8-12(15)14-10(3)11-6-5-7-11/h9-11,13H,4-8H2,1-3H3,(H,14,15). The van der Waals surface area contributed by atoms with Crippen molar-refractivity contribution in [3.05, 3.63) is 0 Å². The first kappa shape index (κ1) is 12.5. The molecular weight excluding hydrogens is 188 g/mol. The summed E-state index contributed by atoms with van der Waals surface area (Å²) in [6.45, 7) is 7.16. The zero-order valence-corrected chi connectivity index (χ0v) is 10.2. The minimum Gasteiger partial charge on any atom is -0.353 e. The van der Waals surface area contributed by atoms with Gasteiger partial charge in [0, 0.05) is 18.5 Å². The second-order valence-electron chi connectivity index (χ2n) is 4.71. The molecule has 0 heterocycles. The van der Waals surface area contributed by atoms with Gasteiger partial charge in [-0.05, 0) is 39.2 Å². The predicted molar refractivity (Wildman–Crippen MR) is 62.7 cm³/mol. The molecular formula is C12H24N2O. The second kappa shape index (κ2) is 6.11. The molecule has 3 nitrogen and oxygen atoms in total. The maximum atomic E-state index is 11.6. The highest BCUT2D eigenvalue weighted by Gasteiger charge is 2.25. The molecule has 1 fully saturated rings. The van der Waals surface area contributed by atoms with Gasteiger partial charge in [-0.1, -0.05) is 13.3 Å². The average Bonchev–Trinajstić information content (AvgIpc) is 1.99. The van der Waals surface area contributed by atoms with Gasteiger partial charge in [-0.25, -0.2) is 0 Å². The van der Waals surface area contributed by atoms with Crippen molar-refractivity contribution in [3.63, 3.8) is 0 Å². The van der Waals surface area contributed by atoms with Crippen molar-refractivity contribution in [2.45, 2.75) is 58.5 Å². The van der Waals surface area contributed by atoms with Crippen molar-refractivity contribution >= 4 is 5.91 Å².